The molecule has 6 rings (SSSR count). The number of rotatable bonds is 15. The Morgan fingerprint density at radius 1 is 0.900 bits per heavy atom. The van der Waals surface area contributed by atoms with Crippen LogP contribution in [0.4, 0.5) is 5.69 Å². The molecule has 0 bridgehead atoms. The molecule has 1 amide bonds. The number of hydrogen-bond donors (Lipinski definition) is 3. The third-order valence-corrected chi connectivity index (χ3v) is 9.29. The molecule has 0 unspecified atom stereocenters. The molecule has 0 radical (unpaired) electrons. The van der Waals surface area contributed by atoms with E-state index in [0.29, 0.717) is 48.0 Å². The van der Waals surface area contributed by atoms with Crippen LogP contribution in [0.5, 0.6) is 5.75 Å². The maximum Gasteiger partial charge on any atom is 0.266 e. The number of benzene rings is 5. The molecule has 0 saturated carbocycles. The van der Waals surface area contributed by atoms with Gasteiger partial charge in [0.05, 0.1) is 6.61 Å². The van der Waals surface area contributed by atoms with Crippen LogP contribution in [0.15, 0.2) is 153 Å². The molecule has 1 aliphatic heterocycles. The number of hydrogen-bond acceptors (Lipinski definition) is 8. The number of nitrogens with one attached hydrogen (secondary N) is 2. The molecular weight excluding hydrogens is 649 g/mol. The van der Waals surface area contributed by atoms with Crippen molar-refractivity contribution in [3.05, 3.63) is 166 Å². The van der Waals surface area contributed by atoms with E-state index in [1.165, 1.54) is 0 Å². The van der Waals surface area contributed by atoms with Gasteiger partial charge in [-0.15, -0.1) is 0 Å². The first-order valence-corrected chi connectivity index (χ1v) is 17.0. The van der Waals surface area contributed by atoms with Gasteiger partial charge in [0.1, 0.15) is 5.75 Å². The van der Waals surface area contributed by atoms with Crippen molar-refractivity contribution in [1.82, 2.24) is 10.9 Å². The van der Waals surface area contributed by atoms with E-state index >= 15 is 0 Å². The molecule has 2 atom stereocenters. The summed E-state index contributed by atoms with van der Waals surface area (Å²) in [6, 6.07) is 42.1. The summed E-state index contributed by atoms with van der Waals surface area (Å²) in [5.74, 6) is 0.527. The minimum absolute atomic E-state index is 0.0462. The highest BCUT2D eigenvalue weighted by atomic mass is 32.2. The Morgan fingerprint density at radius 2 is 1.58 bits per heavy atom. The van der Waals surface area contributed by atoms with Crippen molar-refractivity contribution < 1.29 is 19.4 Å². The molecule has 252 valence electrons. The van der Waals surface area contributed by atoms with Crippen molar-refractivity contribution in [2.45, 2.75) is 40.8 Å². The van der Waals surface area contributed by atoms with Gasteiger partial charge in [-0.25, -0.2) is 10.4 Å². The first-order chi connectivity index (χ1) is 24.6. The number of amides is 1. The topological polar surface area (TPSA) is 141 Å². The maximum absolute atomic E-state index is 14.7. The highest BCUT2D eigenvalue weighted by molar-refractivity contribution is 7.99. The Bertz CT molecular complexity index is 1970. The fourth-order valence-electron chi connectivity index (χ4n) is 5.70. The number of ether oxygens (including phenoxy) is 2. The van der Waals surface area contributed by atoms with Gasteiger partial charge in [-0.3, -0.25) is 10.2 Å². The van der Waals surface area contributed by atoms with Crippen molar-refractivity contribution in [3.8, 4) is 5.75 Å². The summed E-state index contributed by atoms with van der Waals surface area (Å²) in [6.45, 7) is 0.794. The van der Waals surface area contributed by atoms with Crippen LogP contribution in [0.3, 0.4) is 0 Å². The summed E-state index contributed by atoms with van der Waals surface area (Å²) in [4.78, 5) is 24.9. The standard InChI is InChI=1S/C39H36N6O4S/c40-45-43-34-18-9-7-14-30(34)26-39(38(47)44-41-27-31-15-8-10-19-35(31)50-33-16-5-2-6-17-33)36(28-12-3-1-4-13-28)49-37(42-39)29-20-22-32(23-21-29)48-25-11-24-46/h1-10,12-23,36,41,46H,11,24-27H2,(H,44,47)/t36-,39-/m0/s1. The van der Waals surface area contributed by atoms with Gasteiger partial charge in [0.2, 0.25) is 5.90 Å². The van der Waals surface area contributed by atoms with Crippen molar-refractivity contribution in [3.63, 3.8) is 0 Å². The Hall–Kier alpha value is -5.58. The summed E-state index contributed by atoms with van der Waals surface area (Å²) in [6.07, 6.45) is -0.209. The van der Waals surface area contributed by atoms with E-state index in [9.17, 15) is 10.3 Å². The van der Waals surface area contributed by atoms with Crippen LogP contribution in [0.2, 0.25) is 0 Å². The first-order valence-electron chi connectivity index (χ1n) is 16.2. The summed E-state index contributed by atoms with van der Waals surface area (Å²) in [5.41, 5.74) is 17.4. The molecule has 10 nitrogen and oxygen atoms in total. The maximum atomic E-state index is 14.7. The molecule has 0 saturated heterocycles. The molecule has 0 aromatic heterocycles. The molecule has 50 heavy (non-hydrogen) atoms. The minimum Gasteiger partial charge on any atom is -0.494 e. The van der Waals surface area contributed by atoms with Crippen LogP contribution in [0, 0.1) is 0 Å². The first kappa shape index (κ1) is 34.3. The third kappa shape index (κ3) is 8.16. The van der Waals surface area contributed by atoms with E-state index in [-0.39, 0.29) is 13.0 Å². The van der Waals surface area contributed by atoms with Crippen LogP contribution in [-0.2, 0) is 22.5 Å². The summed E-state index contributed by atoms with van der Waals surface area (Å²) >= 11 is 1.65. The Morgan fingerprint density at radius 3 is 2.32 bits per heavy atom. The predicted molar refractivity (Wildman–Crippen MR) is 194 cm³/mol. The zero-order valence-electron chi connectivity index (χ0n) is 27.2. The lowest BCUT2D eigenvalue weighted by molar-refractivity contribution is -0.130. The second-order valence-corrected chi connectivity index (χ2v) is 12.6. The second-order valence-electron chi connectivity index (χ2n) is 11.5. The van der Waals surface area contributed by atoms with Gasteiger partial charge < -0.3 is 14.6 Å². The number of carbonyl (C=O) groups is 1. The Kier molecular flexibility index (Phi) is 11.4. The largest absolute Gasteiger partial charge is 0.494 e. The Labute approximate surface area is 294 Å². The lowest BCUT2D eigenvalue weighted by Gasteiger charge is -2.31. The number of aliphatic hydroxyl groups is 1. The summed E-state index contributed by atoms with van der Waals surface area (Å²) in [5, 5.41) is 13.0. The van der Waals surface area contributed by atoms with E-state index in [1.54, 1.807) is 36.0 Å². The number of nitrogens with zero attached hydrogens (tertiary/aromatic N) is 4. The van der Waals surface area contributed by atoms with E-state index in [4.69, 9.17) is 19.6 Å². The number of azide groups is 1. The van der Waals surface area contributed by atoms with Gasteiger partial charge in [-0.05, 0) is 64.7 Å². The number of aliphatic imine (C=N–C) groups is 1. The van der Waals surface area contributed by atoms with Crippen molar-refractivity contribution in [2.24, 2.45) is 10.1 Å². The number of aliphatic hydroxyl groups excluding tert-OH is 1. The Balaban J connectivity index is 1.34. The third-order valence-electron chi connectivity index (χ3n) is 8.16. The van der Waals surface area contributed by atoms with Crippen molar-refractivity contribution in [2.75, 3.05) is 13.2 Å². The van der Waals surface area contributed by atoms with Crippen LogP contribution >= 0.6 is 11.8 Å². The second kappa shape index (κ2) is 16.7. The highest BCUT2D eigenvalue weighted by Crippen LogP contribution is 2.43. The van der Waals surface area contributed by atoms with Gasteiger partial charge in [-0.2, -0.15) is 0 Å². The molecule has 5 aromatic rings. The average Bonchev–Trinajstić information content (AvgIpc) is 3.55. The zero-order chi connectivity index (χ0) is 34.6. The molecule has 1 heterocycles. The molecule has 11 heteroatoms. The lowest BCUT2D eigenvalue weighted by atomic mass is 9.81. The highest BCUT2D eigenvalue weighted by Gasteiger charge is 2.53. The van der Waals surface area contributed by atoms with Crippen LogP contribution in [0.25, 0.3) is 10.4 Å². The van der Waals surface area contributed by atoms with Crippen LogP contribution in [0.1, 0.15) is 34.8 Å². The van der Waals surface area contributed by atoms with Gasteiger partial charge >= 0.3 is 0 Å². The average molecular weight is 685 g/mol. The molecule has 0 spiro atoms. The van der Waals surface area contributed by atoms with E-state index in [0.717, 1.165) is 20.9 Å². The van der Waals surface area contributed by atoms with Crippen LogP contribution < -0.4 is 15.6 Å². The van der Waals surface area contributed by atoms with Gasteiger partial charge in [0.15, 0.2) is 11.6 Å². The predicted octanol–water partition coefficient (Wildman–Crippen LogP) is 7.86. The van der Waals surface area contributed by atoms with E-state index < -0.39 is 17.6 Å². The smallest absolute Gasteiger partial charge is 0.266 e. The lowest BCUT2D eigenvalue weighted by Crippen LogP contribution is -2.53. The van der Waals surface area contributed by atoms with Crippen molar-refractivity contribution in [1.29, 1.82) is 0 Å². The fourth-order valence-corrected chi connectivity index (χ4v) is 6.66. The minimum atomic E-state index is -1.50. The van der Waals surface area contributed by atoms with Gasteiger partial charge in [-0.1, -0.05) is 108 Å². The molecular formula is C39H36N6O4S. The number of carbonyl (C=O) groups excluding carboxylic acids is 1. The van der Waals surface area contributed by atoms with Crippen LogP contribution in [-0.4, -0.2) is 35.7 Å². The quantitative estimate of drug-likeness (QED) is 0.0337. The molecule has 5 aromatic carbocycles. The van der Waals surface area contributed by atoms with E-state index in [1.807, 2.05) is 91.0 Å². The van der Waals surface area contributed by atoms with E-state index in [2.05, 4.69) is 39.1 Å². The zero-order valence-corrected chi connectivity index (χ0v) is 28.0. The molecule has 3 N–H and O–H groups in total. The monoisotopic (exact) mass is 684 g/mol. The molecule has 0 aliphatic carbocycles. The SMILES string of the molecule is [N-]=[N+]=Nc1ccccc1C[C@]1(C(=O)NNCc2ccccc2Sc2ccccc2)N=C(c2ccc(OCCCO)cc2)O[C@H]1c1ccccc1. The molecule has 1 aliphatic rings. The normalized spacial score (nSPS) is 16.5. The van der Waals surface area contributed by atoms with Crippen molar-refractivity contribution >= 4 is 29.3 Å². The number of hydrazine groups is 1. The fraction of sp³-hybridized carbons (Fsp3) is 0.179. The molecule has 0 fully saturated rings. The summed E-state index contributed by atoms with van der Waals surface area (Å²) in [7, 11) is 0. The van der Waals surface area contributed by atoms with Gasteiger partial charge in [0.25, 0.3) is 5.91 Å². The van der Waals surface area contributed by atoms with Gasteiger partial charge in [0, 0.05) is 51.9 Å². The summed E-state index contributed by atoms with van der Waals surface area (Å²) < 4.78 is 12.3.